The van der Waals surface area contributed by atoms with Crippen LogP contribution < -0.4 is 11.1 Å². The molecule has 8 heteroatoms. The van der Waals surface area contributed by atoms with Gasteiger partial charge in [0.2, 0.25) is 11.8 Å². The van der Waals surface area contributed by atoms with E-state index >= 15 is 0 Å². The summed E-state index contributed by atoms with van der Waals surface area (Å²) in [5.41, 5.74) is 5.51. The highest BCUT2D eigenvalue weighted by atomic mass is 32.2. The quantitative estimate of drug-likeness (QED) is 0.462. The number of rotatable bonds is 5. The third kappa shape index (κ3) is 2.69. The lowest BCUT2D eigenvalue weighted by atomic mass is 9.93. The van der Waals surface area contributed by atoms with E-state index in [0.717, 1.165) is 4.91 Å². The van der Waals surface area contributed by atoms with E-state index in [1.807, 2.05) is 0 Å². The lowest BCUT2D eigenvalue weighted by Gasteiger charge is -2.42. The van der Waals surface area contributed by atoms with Crippen molar-refractivity contribution in [3.63, 3.8) is 0 Å². The first-order chi connectivity index (χ1) is 9.32. The van der Waals surface area contributed by atoms with Crippen LogP contribution >= 0.6 is 11.8 Å². The molecule has 7 nitrogen and oxygen atoms in total. The molecule has 5 atom stereocenters. The van der Waals surface area contributed by atoms with Crippen LogP contribution in [0.15, 0.2) is 11.1 Å². The van der Waals surface area contributed by atoms with Gasteiger partial charge in [-0.25, -0.2) is 0 Å². The first-order valence-electron chi connectivity index (χ1n) is 6.42. The summed E-state index contributed by atoms with van der Waals surface area (Å²) in [7, 11) is 0. The molecular formula is C12H19N3O4S. The monoisotopic (exact) mass is 301 g/mol. The van der Waals surface area contributed by atoms with Crippen LogP contribution in [0.4, 0.5) is 0 Å². The number of nitrogens with one attached hydrogen (secondary N) is 1. The number of β-lactam (4-membered cyclic amide) rings is 1. The van der Waals surface area contributed by atoms with Gasteiger partial charge < -0.3 is 26.2 Å². The fourth-order valence-electron chi connectivity index (χ4n) is 2.16. The summed E-state index contributed by atoms with van der Waals surface area (Å²) < 4.78 is 0. The highest BCUT2D eigenvalue weighted by Gasteiger charge is 2.52. The number of amides is 2. The summed E-state index contributed by atoms with van der Waals surface area (Å²) in [6, 6.07) is -0.967. The first-order valence-corrected chi connectivity index (χ1v) is 7.30. The van der Waals surface area contributed by atoms with Crippen LogP contribution in [-0.4, -0.2) is 57.1 Å². The van der Waals surface area contributed by atoms with Crippen LogP contribution in [0.3, 0.4) is 0 Å². The van der Waals surface area contributed by atoms with Crippen molar-refractivity contribution in [2.75, 3.05) is 6.54 Å². The van der Waals surface area contributed by atoms with Crippen LogP contribution in [0.1, 0.15) is 13.8 Å². The molecule has 5 N–H and O–H groups in total. The third-order valence-corrected chi connectivity index (χ3v) is 4.77. The Labute approximate surface area is 121 Å². The predicted octanol–water partition coefficient (Wildman–Crippen LogP) is -1.44. The van der Waals surface area contributed by atoms with E-state index in [4.69, 9.17) is 5.73 Å². The number of carbonyl (C=O) groups is 2. The van der Waals surface area contributed by atoms with Crippen LogP contribution in [0.5, 0.6) is 0 Å². The number of hydrogen-bond donors (Lipinski definition) is 4. The fourth-order valence-corrected chi connectivity index (χ4v) is 3.57. The van der Waals surface area contributed by atoms with Gasteiger partial charge >= 0.3 is 0 Å². The maximum Gasteiger partial charge on any atom is 0.239 e. The third-order valence-electron chi connectivity index (χ3n) is 3.46. The molecule has 1 fully saturated rings. The average Bonchev–Trinajstić information content (AvgIpc) is 2.73. The van der Waals surface area contributed by atoms with Crippen LogP contribution in [0.25, 0.3) is 0 Å². The predicted molar refractivity (Wildman–Crippen MR) is 74.1 cm³/mol. The molecule has 112 valence electrons. The molecule has 0 aliphatic carbocycles. The highest BCUT2D eigenvalue weighted by Crippen LogP contribution is 2.46. The normalized spacial score (nSPS) is 29.1. The minimum Gasteiger partial charge on any atom is -0.392 e. The van der Waals surface area contributed by atoms with Gasteiger partial charge in [0, 0.05) is 11.1 Å². The van der Waals surface area contributed by atoms with E-state index < -0.39 is 24.2 Å². The Morgan fingerprint density at radius 2 is 2.20 bits per heavy atom. The summed E-state index contributed by atoms with van der Waals surface area (Å²) in [5.74, 6) is -0.919. The number of thioether (sulfide) groups is 1. The molecule has 0 aromatic heterocycles. The number of fused-ring (bicyclic) bond motifs is 1. The average molecular weight is 301 g/mol. The molecule has 2 amide bonds. The molecule has 2 aliphatic rings. The largest absolute Gasteiger partial charge is 0.392 e. The van der Waals surface area contributed by atoms with Crippen LogP contribution in [-0.2, 0) is 9.59 Å². The van der Waals surface area contributed by atoms with Crippen molar-refractivity contribution in [3.8, 4) is 0 Å². The zero-order chi connectivity index (χ0) is 15.0. The summed E-state index contributed by atoms with van der Waals surface area (Å²) >= 11 is 1.45. The molecule has 0 aromatic carbocycles. The molecule has 0 radical (unpaired) electrons. The zero-order valence-electron chi connectivity index (χ0n) is 11.3. The summed E-state index contributed by atoms with van der Waals surface area (Å²) in [4.78, 5) is 25.7. The summed E-state index contributed by atoms with van der Waals surface area (Å²) in [6.07, 6.45) is 0.0913. The topological polar surface area (TPSA) is 116 Å². The van der Waals surface area contributed by atoms with Crippen molar-refractivity contribution in [2.24, 2.45) is 11.7 Å². The maximum atomic E-state index is 11.7. The van der Waals surface area contributed by atoms with Gasteiger partial charge in [-0.1, -0.05) is 0 Å². The van der Waals surface area contributed by atoms with Gasteiger partial charge in [-0.15, -0.1) is 11.8 Å². The zero-order valence-corrected chi connectivity index (χ0v) is 12.1. The van der Waals surface area contributed by atoms with Crippen molar-refractivity contribution in [1.29, 1.82) is 0 Å². The van der Waals surface area contributed by atoms with E-state index in [0.29, 0.717) is 0 Å². The molecule has 1 saturated heterocycles. The molecule has 20 heavy (non-hydrogen) atoms. The molecular weight excluding hydrogens is 282 g/mol. The second-order valence-electron chi connectivity index (χ2n) is 5.10. The Hall–Kier alpha value is -1.09. The lowest BCUT2D eigenvalue weighted by Crippen LogP contribution is -2.58. The molecule has 0 unspecified atom stereocenters. The van der Waals surface area contributed by atoms with Gasteiger partial charge in [0.05, 0.1) is 24.7 Å². The minimum atomic E-state index is -0.967. The van der Waals surface area contributed by atoms with Gasteiger partial charge in [0.1, 0.15) is 11.4 Å². The van der Waals surface area contributed by atoms with Gasteiger partial charge in [-0.3, -0.25) is 9.59 Å². The number of hydrogen-bond acceptors (Lipinski definition) is 6. The van der Waals surface area contributed by atoms with Gasteiger partial charge in [0.25, 0.3) is 0 Å². The molecule has 2 rings (SSSR count). The Morgan fingerprint density at radius 1 is 1.55 bits per heavy atom. The van der Waals surface area contributed by atoms with Crippen molar-refractivity contribution in [3.05, 3.63) is 11.1 Å². The Bertz CT molecular complexity index is 452. The second-order valence-corrected chi connectivity index (χ2v) is 6.34. The molecule has 2 aliphatic heterocycles. The number of aliphatic hydroxyl groups is 2. The number of nitrogens with two attached hydrogens (primary N) is 1. The van der Waals surface area contributed by atoms with Gasteiger partial charge in [-0.05, 0) is 13.8 Å². The Balaban J connectivity index is 1.85. The summed E-state index contributed by atoms with van der Waals surface area (Å²) in [6.45, 7) is 3.31. The van der Waals surface area contributed by atoms with Crippen molar-refractivity contribution in [1.82, 2.24) is 10.2 Å². The molecule has 2 heterocycles. The van der Waals surface area contributed by atoms with Crippen LogP contribution in [0, 0.1) is 5.92 Å². The standard InChI is InChI=1S/C12H19N3O4S/c1-5(16)8-11(19)15-4-7(20-12(8)15)3-14-10(18)9(13)6(2)17/h4-6,8-9,12,16-17H,3,13H2,1-2H3,(H,14,18)/t5-,6-,8+,9+,12-/m1/s1. The van der Waals surface area contributed by atoms with Crippen molar-refractivity contribution < 1.29 is 19.8 Å². The SMILES string of the molecule is C[C@@H](O)[C@H]1C(=O)N2C=C(CNC(=O)[C@@H](N)[C@@H](C)O)S[C@H]12. The molecule has 0 bridgehead atoms. The van der Waals surface area contributed by atoms with E-state index in [1.165, 1.54) is 18.7 Å². The number of nitrogens with zero attached hydrogens (tertiary/aromatic N) is 1. The smallest absolute Gasteiger partial charge is 0.239 e. The molecule has 0 aromatic rings. The van der Waals surface area contributed by atoms with E-state index in [9.17, 15) is 19.8 Å². The molecule has 0 saturated carbocycles. The number of carbonyl (C=O) groups excluding carboxylic acids is 2. The summed E-state index contributed by atoms with van der Waals surface area (Å²) in [5, 5.41) is 21.3. The van der Waals surface area contributed by atoms with Crippen molar-refractivity contribution in [2.45, 2.75) is 37.5 Å². The minimum absolute atomic E-state index is 0.0835. The van der Waals surface area contributed by atoms with E-state index in [1.54, 1.807) is 18.0 Å². The Morgan fingerprint density at radius 3 is 2.75 bits per heavy atom. The highest BCUT2D eigenvalue weighted by molar-refractivity contribution is 8.04. The Kier molecular flexibility index (Phi) is 4.38. The maximum absolute atomic E-state index is 11.7. The first kappa shape index (κ1) is 15.3. The second kappa shape index (κ2) is 5.72. The fraction of sp³-hybridized carbons (Fsp3) is 0.667. The number of aliphatic hydroxyl groups excluding tert-OH is 2. The van der Waals surface area contributed by atoms with E-state index in [2.05, 4.69) is 5.32 Å². The van der Waals surface area contributed by atoms with E-state index in [-0.39, 0.29) is 23.7 Å². The van der Waals surface area contributed by atoms with Gasteiger partial charge in [0.15, 0.2) is 0 Å². The molecule has 0 spiro atoms. The van der Waals surface area contributed by atoms with Crippen LogP contribution in [0.2, 0.25) is 0 Å². The van der Waals surface area contributed by atoms with Crippen molar-refractivity contribution >= 4 is 23.6 Å². The lowest BCUT2D eigenvalue weighted by molar-refractivity contribution is -0.151. The van der Waals surface area contributed by atoms with Gasteiger partial charge in [-0.2, -0.15) is 0 Å².